The highest BCUT2D eigenvalue weighted by atomic mass is 16.5. The van der Waals surface area contributed by atoms with E-state index in [2.05, 4.69) is 0 Å². The zero-order chi connectivity index (χ0) is 12.5. The molecule has 0 aliphatic heterocycles. The molecule has 1 fully saturated rings. The largest absolute Gasteiger partial charge is 0.496 e. The first kappa shape index (κ1) is 12.1. The molecule has 0 aromatic heterocycles. The third kappa shape index (κ3) is 2.07. The van der Waals surface area contributed by atoms with E-state index in [0.717, 1.165) is 29.7 Å². The summed E-state index contributed by atoms with van der Waals surface area (Å²) < 4.78 is 10.4. The molecule has 1 aromatic carbocycles. The van der Waals surface area contributed by atoms with Gasteiger partial charge in [0.2, 0.25) is 0 Å². The van der Waals surface area contributed by atoms with Crippen molar-refractivity contribution in [1.82, 2.24) is 0 Å². The molecule has 0 saturated heterocycles. The summed E-state index contributed by atoms with van der Waals surface area (Å²) in [5, 5.41) is 0. The highest BCUT2D eigenvalue weighted by Crippen LogP contribution is 2.49. The third-order valence-electron chi connectivity index (χ3n) is 3.56. The summed E-state index contributed by atoms with van der Waals surface area (Å²) in [6.07, 6.45) is 1.92. The van der Waals surface area contributed by atoms with E-state index in [1.807, 2.05) is 18.2 Å². The van der Waals surface area contributed by atoms with Gasteiger partial charge in [-0.3, -0.25) is 4.79 Å². The monoisotopic (exact) mass is 234 g/mol. The Morgan fingerprint density at radius 3 is 2.53 bits per heavy atom. The van der Waals surface area contributed by atoms with Crippen LogP contribution in [0.4, 0.5) is 0 Å². The Hall–Kier alpha value is -1.35. The van der Waals surface area contributed by atoms with Gasteiger partial charge in [-0.05, 0) is 37.5 Å². The van der Waals surface area contributed by atoms with Crippen molar-refractivity contribution in [1.29, 1.82) is 0 Å². The number of hydrogen-bond acceptors (Lipinski definition) is 3. The molecule has 1 aliphatic rings. The van der Waals surface area contributed by atoms with Crippen LogP contribution in [0.1, 0.15) is 30.9 Å². The summed E-state index contributed by atoms with van der Waals surface area (Å²) in [5.74, 6) is 1.07. The second-order valence-electron chi connectivity index (χ2n) is 4.60. The first-order chi connectivity index (χ1) is 8.14. The Labute approximate surface area is 102 Å². The van der Waals surface area contributed by atoms with Crippen LogP contribution in [0.15, 0.2) is 18.2 Å². The lowest BCUT2D eigenvalue weighted by Crippen LogP contribution is -2.17. The minimum atomic E-state index is -0.227. The maximum absolute atomic E-state index is 11.7. The van der Waals surface area contributed by atoms with Gasteiger partial charge in [0.15, 0.2) is 0 Å². The van der Waals surface area contributed by atoms with Gasteiger partial charge >= 0.3 is 0 Å². The number of carbonyl (C=O) groups is 1. The summed E-state index contributed by atoms with van der Waals surface area (Å²) in [6, 6.07) is 5.95. The normalized spacial score (nSPS) is 16.6. The fraction of sp³-hybridized carbons (Fsp3) is 0.500. The standard InChI is InChI=1S/C14H18O3/c1-10(15)14(6-7-14)12-4-5-13(17-3)11(8-12)9-16-2/h4-5,8H,6-7,9H2,1-3H3. The number of Topliss-reactive ketones (excluding diaryl/α,β-unsaturated/α-hetero) is 1. The second kappa shape index (κ2) is 4.49. The van der Waals surface area contributed by atoms with Crippen LogP contribution in [0, 0.1) is 0 Å². The fourth-order valence-corrected chi connectivity index (χ4v) is 2.31. The number of ether oxygens (including phenoxy) is 2. The Bertz CT molecular complexity index is 433. The second-order valence-corrected chi connectivity index (χ2v) is 4.60. The number of methoxy groups -OCH3 is 2. The molecular formula is C14H18O3. The number of carbonyl (C=O) groups excluding carboxylic acids is 1. The lowest BCUT2D eigenvalue weighted by Gasteiger charge is -2.15. The smallest absolute Gasteiger partial charge is 0.140 e. The summed E-state index contributed by atoms with van der Waals surface area (Å²) in [6.45, 7) is 2.18. The summed E-state index contributed by atoms with van der Waals surface area (Å²) >= 11 is 0. The molecule has 0 atom stereocenters. The molecule has 1 saturated carbocycles. The van der Waals surface area contributed by atoms with Crippen molar-refractivity contribution in [3.63, 3.8) is 0 Å². The summed E-state index contributed by atoms with van der Waals surface area (Å²) in [4.78, 5) is 11.7. The average Bonchev–Trinajstić information content (AvgIpc) is 3.10. The minimum absolute atomic E-state index is 0.227. The molecule has 0 unspecified atom stereocenters. The van der Waals surface area contributed by atoms with Gasteiger partial charge < -0.3 is 9.47 Å². The van der Waals surface area contributed by atoms with Gasteiger partial charge in [-0.25, -0.2) is 0 Å². The van der Waals surface area contributed by atoms with Crippen LogP contribution in [-0.2, 0) is 21.6 Å². The molecule has 17 heavy (non-hydrogen) atoms. The Morgan fingerprint density at radius 2 is 2.06 bits per heavy atom. The number of rotatable bonds is 5. The van der Waals surface area contributed by atoms with Crippen molar-refractivity contribution in [2.45, 2.75) is 31.8 Å². The molecular weight excluding hydrogens is 216 g/mol. The maximum atomic E-state index is 11.7. The first-order valence-electron chi connectivity index (χ1n) is 5.81. The molecule has 2 rings (SSSR count). The molecule has 3 nitrogen and oxygen atoms in total. The van der Waals surface area contributed by atoms with Crippen LogP contribution >= 0.6 is 0 Å². The molecule has 92 valence electrons. The number of hydrogen-bond donors (Lipinski definition) is 0. The van der Waals surface area contributed by atoms with Crippen molar-refractivity contribution >= 4 is 5.78 Å². The quantitative estimate of drug-likeness (QED) is 0.785. The van der Waals surface area contributed by atoms with Crippen molar-refractivity contribution in [2.24, 2.45) is 0 Å². The molecule has 0 radical (unpaired) electrons. The average molecular weight is 234 g/mol. The van der Waals surface area contributed by atoms with Crippen LogP contribution < -0.4 is 4.74 Å². The molecule has 0 bridgehead atoms. The molecule has 3 heteroatoms. The van der Waals surface area contributed by atoms with Crippen molar-refractivity contribution < 1.29 is 14.3 Å². The molecule has 0 N–H and O–H groups in total. The van der Waals surface area contributed by atoms with Crippen molar-refractivity contribution in [3.05, 3.63) is 29.3 Å². The van der Waals surface area contributed by atoms with E-state index in [1.54, 1.807) is 21.1 Å². The molecule has 0 amide bonds. The summed E-state index contributed by atoms with van der Waals surface area (Å²) in [7, 11) is 3.30. The van der Waals surface area contributed by atoms with E-state index < -0.39 is 0 Å². The molecule has 0 spiro atoms. The lowest BCUT2D eigenvalue weighted by atomic mass is 9.91. The van der Waals surface area contributed by atoms with E-state index in [9.17, 15) is 4.79 Å². The fourth-order valence-electron chi connectivity index (χ4n) is 2.31. The van der Waals surface area contributed by atoms with Crippen LogP contribution in [0.3, 0.4) is 0 Å². The Balaban J connectivity index is 2.37. The van der Waals surface area contributed by atoms with Gasteiger partial charge in [0.1, 0.15) is 11.5 Å². The zero-order valence-corrected chi connectivity index (χ0v) is 10.6. The van der Waals surface area contributed by atoms with Gasteiger partial charge in [-0.1, -0.05) is 6.07 Å². The predicted octanol–water partition coefficient (Wildman–Crippen LogP) is 2.46. The SMILES string of the molecule is COCc1cc(C2(C(C)=O)CC2)ccc1OC. The Kier molecular flexibility index (Phi) is 3.20. The highest BCUT2D eigenvalue weighted by molar-refractivity contribution is 5.91. The van der Waals surface area contributed by atoms with Crippen LogP contribution in [0.25, 0.3) is 0 Å². The number of benzene rings is 1. The van der Waals surface area contributed by atoms with E-state index in [-0.39, 0.29) is 11.2 Å². The lowest BCUT2D eigenvalue weighted by molar-refractivity contribution is -0.119. The third-order valence-corrected chi connectivity index (χ3v) is 3.56. The first-order valence-corrected chi connectivity index (χ1v) is 5.81. The van der Waals surface area contributed by atoms with Gasteiger partial charge in [-0.2, -0.15) is 0 Å². The molecule has 0 heterocycles. The molecule has 1 aliphatic carbocycles. The maximum Gasteiger partial charge on any atom is 0.140 e. The minimum Gasteiger partial charge on any atom is -0.496 e. The van der Waals surface area contributed by atoms with E-state index in [1.165, 1.54) is 0 Å². The van der Waals surface area contributed by atoms with E-state index in [4.69, 9.17) is 9.47 Å². The van der Waals surface area contributed by atoms with Gasteiger partial charge in [0, 0.05) is 12.7 Å². The predicted molar refractivity (Wildman–Crippen MR) is 65.3 cm³/mol. The number of ketones is 1. The topological polar surface area (TPSA) is 35.5 Å². The van der Waals surface area contributed by atoms with Crippen molar-refractivity contribution in [2.75, 3.05) is 14.2 Å². The summed E-state index contributed by atoms with van der Waals surface area (Å²) in [5.41, 5.74) is 1.87. The van der Waals surface area contributed by atoms with Crippen LogP contribution in [0.5, 0.6) is 5.75 Å². The molecule has 1 aromatic rings. The van der Waals surface area contributed by atoms with Gasteiger partial charge in [0.25, 0.3) is 0 Å². The van der Waals surface area contributed by atoms with E-state index in [0.29, 0.717) is 6.61 Å². The van der Waals surface area contributed by atoms with Gasteiger partial charge in [0.05, 0.1) is 19.1 Å². The highest BCUT2D eigenvalue weighted by Gasteiger charge is 2.48. The Morgan fingerprint density at radius 1 is 1.35 bits per heavy atom. The van der Waals surface area contributed by atoms with Gasteiger partial charge in [-0.15, -0.1) is 0 Å². The van der Waals surface area contributed by atoms with Crippen LogP contribution in [-0.4, -0.2) is 20.0 Å². The zero-order valence-electron chi connectivity index (χ0n) is 10.6. The van der Waals surface area contributed by atoms with Crippen molar-refractivity contribution in [3.8, 4) is 5.75 Å². The van der Waals surface area contributed by atoms with Crippen LogP contribution in [0.2, 0.25) is 0 Å². The van der Waals surface area contributed by atoms with E-state index >= 15 is 0 Å².